The minimum Gasteiger partial charge on any atom is -0.394 e. The second-order valence-electron chi connectivity index (χ2n) is 16.0. The van der Waals surface area contributed by atoms with E-state index in [-0.39, 0.29) is 18.9 Å². The van der Waals surface area contributed by atoms with Crippen LogP contribution in [0.2, 0.25) is 0 Å². The zero-order valence-electron chi connectivity index (χ0n) is 34.5. The number of hydrogen-bond acceptors (Lipinski definition) is 4. The average Bonchev–Trinajstić information content (AvgIpc) is 3.12. The second-order valence-corrected chi connectivity index (χ2v) is 16.0. The molecule has 304 valence electrons. The molecule has 0 aliphatic rings. The maximum atomic E-state index is 12.4. The number of rotatable bonds is 42. The van der Waals surface area contributed by atoms with Crippen LogP contribution in [0.4, 0.5) is 0 Å². The summed E-state index contributed by atoms with van der Waals surface area (Å²) in [5.74, 6) is -0.312. The maximum absolute atomic E-state index is 12.4. The summed E-state index contributed by atoms with van der Waals surface area (Å²) in [5.41, 5.74) is 0. The lowest BCUT2D eigenvalue weighted by Crippen LogP contribution is -2.45. The molecule has 3 atom stereocenters. The van der Waals surface area contributed by atoms with Crippen LogP contribution in [0.1, 0.15) is 251 Å². The Kier molecular flexibility index (Phi) is 41.1. The Balaban J connectivity index is 3.57. The van der Waals surface area contributed by atoms with Crippen molar-refractivity contribution in [3.63, 3.8) is 0 Å². The summed E-state index contributed by atoms with van der Waals surface area (Å²) in [7, 11) is 0. The van der Waals surface area contributed by atoms with Gasteiger partial charge in [-0.2, -0.15) is 0 Å². The van der Waals surface area contributed by atoms with E-state index in [0.717, 1.165) is 25.7 Å². The predicted octanol–water partition coefficient (Wildman–Crippen LogP) is 13.2. The standard InChI is InChI=1S/C46H91NO4/c1-3-5-7-9-11-13-15-17-18-19-20-21-22-23-24-25-26-28-29-31-33-35-37-39-43(49)41-46(51)47-44(42-48)45(50)40-38-36-34-32-30-27-16-14-12-10-8-6-4-2/h38,40,43-45,48-50H,3-37,39,41-42H2,1-2H3,(H,47,51)/b40-38+. The van der Waals surface area contributed by atoms with E-state index < -0.39 is 18.2 Å². The lowest BCUT2D eigenvalue weighted by atomic mass is 10.0. The van der Waals surface area contributed by atoms with Gasteiger partial charge in [-0.25, -0.2) is 0 Å². The van der Waals surface area contributed by atoms with Gasteiger partial charge in [0.25, 0.3) is 0 Å². The lowest BCUT2D eigenvalue weighted by Gasteiger charge is -2.21. The minimum atomic E-state index is -0.923. The molecule has 0 spiro atoms. The van der Waals surface area contributed by atoms with Crippen molar-refractivity contribution < 1.29 is 20.1 Å². The normalized spacial score (nSPS) is 13.6. The molecule has 0 radical (unpaired) electrons. The third-order valence-corrected chi connectivity index (χ3v) is 10.8. The highest BCUT2D eigenvalue weighted by atomic mass is 16.3. The van der Waals surface area contributed by atoms with E-state index in [0.29, 0.717) is 6.42 Å². The third-order valence-electron chi connectivity index (χ3n) is 10.8. The lowest BCUT2D eigenvalue weighted by molar-refractivity contribution is -0.124. The molecule has 0 rings (SSSR count). The Morgan fingerprint density at radius 3 is 1.14 bits per heavy atom. The van der Waals surface area contributed by atoms with Gasteiger partial charge in [-0.05, 0) is 19.3 Å². The van der Waals surface area contributed by atoms with Crippen LogP contribution in [0.5, 0.6) is 0 Å². The second kappa shape index (κ2) is 41.8. The molecule has 0 saturated carbocycles. The van der Waals surface area contributed by atoms with E-state index in [1.807, 2.05) is 6.08 Å². The smallest absolute Gasteiger partial charge is 0.222 e. The topological polar surface area (TPSA) is 89.8 Å². The Labute approximate surface area is 319 Å². The highest BCUT2D eigenvalue weighted by Crippen LogP contribution is 2.17. The van der Waals surface area contributed by atoms with E-state index in [4.69, 9.17) is 0 Å². The van der Waals surface area contributed by atoms with Crippen LogP contribution in [-0.2, 0) is 4.79 Å². The Morgan fingerprint density at radius 2 is 0.804 bits per heavy atom. The average molecular weight is 722 g/mol. The molecule has 0 aliphatic carbocycles. The van der Waals surface area contributed by atoms with E-state index >= 15 is 0 Å². The van der Waals surface area contributed by atoms with Crippen LogP contribution >= 0.6 is 0 Å². The van der Waals surface area contributed by atoms with Gasteiger partial charge in [-0.15, -0.1) is 0 Å². The molecule has 0 fully saturated rings. The van der Waals surface area contributed by atoms with Crippen molar-refractivity contribution in [3.8, 4) is 0 Å². The highest BCUT2D eigenvalue weighted by Gasteiger charge is 2.20. The van der Waals surface area contributed by atoms with Crippen LogP contribution in [0, 0.1) is 0 Å². The van der Waals surface area contributed by atoms with Crippen molar-refractivity contribution in [2.45, 2.75) is 270 Å². The summed E-state index contributed by atoms with van der Waals surface area (Å²) < 4.78 is 0. The first-order valence-electron chi connectivity index (χ1n) is 23.0. The molecule has 0 aromatic heterocycles. The summed E-state index contributed by atoms with van der Waals surface area (Å²) in [6.07, 6.45) is 49.3. The number of nitrogens with one attached hydrogen (secondary N) is 1. The van der Waals surface area contributed by atoms with Gasteiger partial charge in [0.05, 0.1) is 31.3 Å². The van der Waals surface area contributed by atoms with Gasteiger partial charge in [0.2, 0.25) is 5.91 Å². The zero-order valence-corrected chi connectivity index (χ0v) is 34.5. The van der Waals surface area contributed by atoms with Crippen molar-refractivity contribution in [1.29, 1.82) is 0 Å². The monoisotopic (exact) mass is 722 g/mol. The van der Waals surface area contributed by atoms with Crippen molar-refractivity contribution >= 4 is 5.91 Å². The molecule has 0 heterocycles. The third kappa shape index (κ3) is 38.6. The predicted molar refractivity (Wildman–Crippen MR) is 222 cm³/mol. The summed E-state index contributed by atoms with van der Waals surface area (Å²) in [6.45, 7) is 4.22. The van der Waals surface area contributed by atoms with Crippen molar-refractivity contribution in [2.24, 2.45) is 0 Å². The highest BCUT2D eigenvalue weighted by molar-refractivity contribution is 5.76. The number of hydrogen-bond donors (Lipinski definition) is 4. The van der Waals surface area contributed by atoms with Crippen molar-refractivity contribution in [2.75, 3.05) is 6.61 Å². The molecule has 0 aromatic rings. The molecule has 5 nitrogen and oxygen atoms in total. The molecular weight excluding hydrogens is 631 g/mol. The molecule has 0 aliphatic heterocycles. The molecule has 0 aromatic carbocycles. The maximum Gasteiger partial charge on any atom is 0.222 e. The van der Waals surface area contributed by atoms with Gasteiger partial charge in [-0.1, -0.05) is 238 Å². The van der Waals surface area contributed by atoms with Crippen LogP contribution < -0.4 is 5.32 Å². The first kappa shape index (κ1) is 50.1. The number of unbranched alkanes of at least 4 members (excludes halogenated alkanes) is 33. The molecule has 4 N–H and O–H groups in total. The van der Waals surface area contributed by atoms with E-state index in [1.165, 1.54) is 199 Å². The summed E-state index contributed by atoms with van der Waals surface area (Å²) in [5, 5.41) is 33.2. The fourth-order valence-corrected chi connectivity index (χ4v) is 7.28. The molecular formula is C46H91NO4. The zero-order chi connectivity index (χ0) is 37.3. The first-order chi connectivity index (χ1) is 25.0. The Hall–Kier alpha value is -0.910. The van der Waals surface area contributed by atoms with Gasteiger partial charge in [0, 0.05) is 0 Å². The van der Waals surface area contributed by atoms with Gasteiger partial charge in [-0.3, -0.25) is 4.79 Å². The number of carbonyl (C=O) groups is 1. The molecule has 5 heteroatoms. The fourth-order valence-electron chi connectivity index (χ4n) is 7.28. The fraction of sp³-hybridized carbons (Fsp3) is 0.935. The van der Waals surface area contributed by atoms with Crippen LogP contribution in [0.15, 0.2) is 12.2 Å². The van der Waals surface area contributed by atoms with Gasteiger partial charge < -0.3 is 20.6 Å². The first-order valence-corrected chi connectivity index (χ1v) is 23.0. The molecule has 0 saturated heterocycles. The van der Waals surface area contributed by atoms with Gasteiger partial charge in [0.15, 0.2) is 0 Å². The Bertz CT molecular complexity index is 713. The SMILES string of the molecule is CCCCCCCCCCCCC/C=C/C(O)C(CO)NC(=O)CC(O)CCCCCCCCCCCCCCCCCCCCCCCCC. The number of aliphatic hydroxyl groups excluding tert-OH is 3. The van der Waals surface area contributed by atoms with Crippen LogP contribution in [-0.4, -0.2) is 46.1 Å². The van der Waals surface area contributed by atoms with Crippen LogP contribution in [0.3, 0.4) is 0 Å². The largest absolute Gasteiger partial charge is 0.394 e. The number of carbonyl (C=O) groups excluding carboxylic acids is 1. The van der Waals surface area contributed by atoms with E-state index in [9.17, 15) is 20.1 Å². The van der Waals surface area contributed by atoms with E-state index in [1.54, 1.807) is 6.08 Å². The van der Waals surface area contributed by atoms with Gasteiger partial charge >= 0.3 is 0 Å². The minimum absolute atomic E-state index is 0.0188. The van der Waals surface area contributed by atoms with Crippen LogP contribution in [0.25, 0.3) is 0 Å². The van der Waals surface area contributed by atoms with Gasteiger partial charge in [0.1, 0.15) is 0 Å². The molecule has 0 bridgehead atoms. The summed E-state index contributed by atoms with van der Waals surface area (Å²) in [4.78, 5) is 12.4. The molecule has 3 unspecified atom stereocenters. The number of amides is 1. The number of allylic oxidation sites excluding steroid dienone is 1. The summed E-state index contributed by atoms with van der Waals surface area (Å²) >= 11 is 0. The molecule has 1 amide bonds. The quantitative estimate of drug-likeness (QED) is 0.0373. The molecule has 51 heavy (non-hydrogen) atoms. The Morgan fingerprint density at radius 1 is 0.490 bits per heavy atom. The van der Waals surface area contributed by atoms with Crippen molar-refractivity contribution in [1.82, 2.24) is 5.32 Å². The van der Waals surface area contributed by atoms with Crippen molar-refractivity contribution in [3.05, 3.63) is 12.2 Å². The summed E-state index contributed by atoms with van der Waals surface area (Å²) in [6, 6.07) is -0.738. The van der Waals surface area contributed by atoms with E-state index in [2.05, 4.69) is 19.2 Å². The number of aliphatic hydroxyl groups is 3.